The van der Waals surface area contributed by atoms with Crippen LogP contribution in [0.15, 0.2) is 5.16 Å². The molecule has 5 nitrogen and oxygen atoms in total. The summed E-state index contributed by atoms with van der Waals surface area (Å²) in [6, 6.07) is 0. The van der Waals surface area contributed by atoms with Crippen molar-refractivity contribution in [1.82, 2.24) is 0 Å². The predicted molar refractivity (Wildman–Crippen MR) is 55.6 cm³/mol. The summed E-state index contributed by atoms with van der Waals surface area (Å²) >= 11 is 0. The first kappa shape index (κ1) is 16.4. The summed E-state index contributed by atoms with van der Waals surface area (Å²) < 4.78 is 58.9. The van der Waals surface area contributed by atoms with Gasteiger partial charge in [-0.1, -0.05) is 5.16 Å². The number of nitrogens with zero attached hydrogens (tertiary/aromatic N) is 1. The van der Waals surface area contributed by atoms with Crippen molar-refractivity contribution < 1.29 is 32.0 Å². The molecule has 0 rings (SSSR count). The van der Waals surface area contributed by atoms with Crippen molar-refractivity contribution in [3.05, 3.63) is 0 Å². The van der Waals surface area contributed by atoms with Crippen LogP contribution in [0.25, 0.3) is 0 Å². The van der Waals surface area contributed by atoms with Gasteiger partial charge in [0.1, 0.15) is 5.66 Å². The Labute approximate surface area is 97.1 Å². The molecule has 0 aromatic heterocycles. The lowest BCUT2D eigenvalue weighted by Gasteiger charge is -2.24. The first-order valence-corrected chi connectivity index (χ1v) is 6.52. The summed E-state index contributed by atoms with van der Waals surface area (Å²) in [5.41, 5.74) is -3.27. The fraction of sp³-hybridized carbons (Fsp3) is 0.875. The molecule has 0 heterocycles. The first-order valence-electron chi connectivity index (χ1n) is 4.90. The van der Waals surface area contributed by atoms with Crippen LogP contribution in [0.2, 0.25) is 0 Å². The van der Waals surface area contributed by atoms with Gasteiger partial charge in [0.2, 0.25) is 0 Å². The van der Waals surface area contributed by atoms with Crippen LogP contribution in [-0.4, -0.2) is 36.0 Å². The number of halogens is 3. The molecule has 102 valence electrons. The molecule has 0 aliphatic carbocycles. The van der Waals surface area contributed by atoms with Crippen LogP contribution in [0.3, 0.4) is 0 Å². The molecule has 1 unspecified atom stereocenters. The molecule has 0 bridgehead atoms. The number of oxime groups is 1. The predicted octanol–water partition coefficient (Wildman–Crippen LogP) is 3.03. The molecular formula is C8H15F3NO4P. The van der Waals surface area contributed by atoms with Gasteiger partial charge < -0.3 is 14.3 Å². The Morgan fingerprint density at radius 2 is 1.76 bits per heavy atom. The van der Waals surface area contributed by atoms with Crippen molar-refractivity contribution in [3.8, 4) is 0 Å². The summed E-state index contributed by atoms with van der Waals surface area (Å²) in [4.78, 5) is 0. The number of hydrogen-bond donors (Lipinski definition) is 1. The van der Waals surface area contributed by atoms with E-state index >= 15 is 0 Å². The average molecular weight is 277 g/mol. The van der Waals surface area contributed by atoms with E-state index in [1.807, 2.05) is 0 Å². The van der Waals surface area contributed by atoms with Crippen molar-refractivity contribution in [1.29, 1.82) is 0 Å². The fourth-order valence-corrected chi connectivity index (χ4v) is 2.89. The van der Waals surface area contributed by atoms with E-state index in [2.05, 4.69) is 5.16 Å². The highest BCUT2D eigenvalue weighted by Gasteiger charge is 2.48. The second kappa shape index (κ2) is 6.37. The van der Waals surface area contributed by atoms with Crippen LogP contribution < -0.4 is 0 Å². The average Bonchev–Trinajstić information content (AvgIpc) is 2.17. The normalized spacial score (nSPS) is 16.0. The van der Waals surface area contributed by atoms with E-state index in [0.29, 0.717) is 0 Å². The molecular weight excluding hydrogens is 262 g/mol. The third-order valence-electron chi connectivity index (χ3n) is 1.89. The topological polar surface area (TPSA) is 68.1 Å². The highest BCUT2D eigenvalue weighted by atomic mass is 31.2. The Morgan fingerprint density at radius 3 is 2.00 bits per heavy atom. The largest absolute Gasteiger partial charge is 0.433 e. The van der Waals surface area contributed by atoms with Crippen molar-refractivity contribution in [3.63, 3.8) is 0 Å². The summed E-state index contributed by atoms with van der Waals surface area (Å²) in [6.45, 7) is 3.79. The molecule has 1 atom stereocenters. The van der Waals surface area contributed by atoms with Gasteiger partial charge in [-0.25, -0.2) is 0 Å². The van der Waals surface area contributed by atoms with E-state index in [4.69, 9.17) is 14.3 Å². The zero-order valence-electron chi connectivity index (χ0n) is 9.69. The molecule has 17 heavy (non-hydrogen) atoms. The smallest absolute Gasteiger partial charge is 0.411 e. The van der Waals surface area contributed by atoms with Gasteiger partial charge in [0.05, 0.1) is 13.2 Å². The van der Waals surface area contributed by atoms with Crippen molar-refractivity contribution >= 4 is 13.3 Å². The monoisotopic (exact) mass is 277 g/mol. The molecule has 0 saturated carbocycles. The minimum absolute atomic E-state index is 0.0712. The summed E-state index contributed by atoms with van der Waals surface area (Å²) in [7, 11) is -3.99. The Morgan fingerprint density at radius 1 is 1.35 bits per heavy atom. The van der Waals surface area contributed by atoms with Gasteiger partial charge in [0, 0.05) is 0 Å². The van der Waals surface area contributed by atoms with Gasteiger partial charge >= 0.3 is 13.8 Å². The summed E-state index contributed by atoms with van der Waals surface area (Å²) in [5, 5.41) is 10.5. The standard InChI is InChI=1S/C8H15F3NO4P/c1-4-15-17(14,16-5-2)6(3)7(12-13)8(9,10)11/h6,13H,4-5H2,1-3H3/b12-7-. The van der Waals surface area contributed by atoms with Gasteiger partial charge in [-0.3, -0.25) is 4.57 Å². The van der Waals surface area contributed by atoms with E-state index in [-0.39, 0.29) is 13.2 Å². The quantitative estimate of drug-likeness (QED) is 0.350. The lowest BCUT2D eigenvalue weighted by molar-refractivity contribution is -0.0627. The number of rotatable bonds is 6. The van der Waals surface area contributed by atoms with Crippen LogP contribution >= 0.6 is 7.60 Å². The maximum atomic E-state index is 12.5. The molecule has 0 spiro atoms. The van der Waals surface area contributed by atoms with Gasteiger partial charge in [-0.15, -0.1) is 0 Å². The Kier molecular flexibility index (Phi) is 6.15. The minimum atomic E-state index is -4.89. The van der Waals surface area contributed by atoms with Crippen LogP contribution in [0.4, 0.5) is 13.2 Å². The third-order valence-corrected chi connectivity index (χ3v) is 4.32. The van der Waals surface area contributed by atoms with Crippen molar-refractivity contribution in [2.24, 2.45) is 5.16 Å². The zero-order valence-corrected chi connectivity index (χ0v) is 10.6. The zero-order chi connectivity index (χ0) is 13.7. The van der Waals surface area contributed by atoms with Crippen LogP contribution in [-0.2, 0) is 13.6 Å². The maximum absolute atomic E-state index is 12.5. The van der Waals surface area contributed by atoms with Crippen molar-refractivity contribution in [2.45, 2.75) is 32.6 Å². The van der Waals surface area contributed by atoms with E-state index in [9.17, 15) is 17.7 Å². The van der Waals surface area contributed by atoms with E-state index < -0.39 is 25.1 Å². The third kappa shape index (κ3) is 4.29. The van der Waals surface area contributed by atoms with E-state index in [1.54, 1.807) is 0 Å². The maximum Gasteiger partial charge on any atom is 0.433 e. The van der Waals surface area contributed by atoms with Gasteiger partial charge in [-0.05, 0) is 20.8 Å². The lowest BCUT2D eigenvalue weighted by atomic mass is 10.3. The minimum Gasteiger partial charge on any atom is -0.411 e. The highest BCUT2D eigenvalue weighted by Crippen LogP contribution is 2.54. The highest BCUT2D eigenvalue weighted by molar-refractivity contribution is 7.55. The van der Waals surface area contributed by atoms with Crippen LogP contribution in [0.5, 0.6) is 0 Å². The van der Waals surface area contributed by atoms with E-state index in [0.717, 1.165) is 6.92 Å². The molecule has 0 saturated heterocycles. The Balaban J connectivity index is 5.21. The Bertz CT molecular complexity index is 308. The Hall–Kier alpha value is -0.590. The second-order valence-electron chi connectivity index (χ2n) is 3.03. The van der Waals surface area contributed by atoms with Crippen molar-refractivity contribution in [2.75, 3.05) is 13.2 Å². The molecule has 0 aliphatic rings. The fourth-order valence-electron chi connectivity index (χ4n) is 1.15. The molecule has 0 fully saturated rings. The van der Waals surface area contributed by atoms with Crippen LogP contribution in [0.1, 0.15) is 20.8 Å². The van der Waals surface area contributed by atoms with E-state index in [1.165, 1.54) is 13.8 Å². The molecule has 0 aromatic carbocycles. The first-order chi connectivity index (χ1) is 7.72. The number of alkyl halides is 3. The van der Waals surface area contributed by atoms with Gasteiger partial charge in [-0.2, -0.15) is 13.2 Å². The van der Waals surface area contributed by atoms with Gasteiger partial charge in [0.15, 0.2) is 5.71 Å². The van der Waals surface area contributed by atoms with Crippen LogP contribution in [0, 0.1) is 0 Å². The molecule has 1 N–H and O–H groups in total. The lowest BCUT2D eigenvalue weighted by Crippen LogP contribution is -2.34. The second-order valence-corrected chi connectivity index (χ2v) is 5.41. The molecule has 9 heteroatoms. The molecule has 0 amide bonds. The summed E-state index contributed by atoms with van der Waals surface area (Å²) in [6.07, 6.45) is -4.89. The summed E-state index contributed by atoms with van der Waals surface area (Å²) in [5.74, 6) is 0. The van der Waals surface area contributed by atoms with Gasteiger partial charge in [0.25, 0.3) is 0 Å². The molecule has 0 radical (unpaired) electrons. The molecule has 0 aromatic rings. The molecule has 0 aliphatic heterocycles. The number of hydrogen-bond acceptors (Lipinski definition) is 5. The SMILES string of the molecule is CCOP(=O)(OCC)C(C)/C(=N/O)C(F)(F)F.